The van der Waals surface area contributed by atoms with Crippen LogP contribution in [0.3, 0.4) is 0 Å². The summed E-state index contributed by atoms with van der Waals surface area (Å²) in [6, 6.07) is 9.71. The first-order valence-corrected chi connectivity index (χ1v) is 21.0. The number of nitrogens with one attached hydrogen (secondary N) is 1. The molecule has 16 heteroatoms. The van der Waals surface area contributed by atoms with Gasteiger partial charge in [0.25, 0.3) is 5.79 Å². The van der Waals surface area contributed by atoms with Crippen molar-refractivity contribution in [2.75, 3.05) is 62.4 Å². The summed E-state index contributed by atoms with van der Waals surface area (Å²) in [6.07, 6.45) is -8.98. The van der Waals surface area contributed by atoms with Crippen molar-refractivity contribution >= 4 is 20.0 Å². The first kappa shape index (κ1) is 41.7. The third-order valence-corrected chi connectivity index (χ3v) is 11.1. The van der Waals surface area contributed by atoms with E-state index in [4.69, 9.17) is 56.8 Å². The smallest absolute Gasteiger partial charge is 0.366 e. The Morgan fingerprint density at radius 3 is 2.31 bits per heavy atom. The molecule has 1 aromatic carbocycles. The number of benzene rings is 1. The maximum atomic E-state index is 14.1. The maximum absolute atomic E-state index is 14.1. The largest absolute Gasteiger partial charge is 0.465 e. The highest BCUT2D eigenvalue weighted by Crippen LogP contribution is 2.43. The van der Waals surface area contributed by atoms with Gasteiger partial charge in [-0.25, -0.2) is 4.79 Å². The summed E-state index contributed by atoms with van der Waals surface area (Å²) < 4.78 is 73.4. The molecule has 0 saturated carbocycles. The van der Waals surface area contributed by atoms with Gasteiger partial charge in [0.2, 0.25) is 0 Å². The van der Waals surface area contributed by atoms with E-state index in [1.165, 1.54) is 35.4 Å². The van der Waals surface area contributed by atoms with E-state index in [2.05, 4.69) is 25.0 Å². The van der Waals surface area contributed by atoms with Crippen LogP contribution in [0.25, 0.3) is 0 Å². The molecule has 15 nitrogen and oxygen atoms in total. The van der Waals surface area contributed by atoms with E-state index in [1.807, 2.05) is 30.3 Å². The quantitative estimate of drug-likeness (QED) is 0.183. The third-order valence-electron chi connectivity index (χ3n) is 9.40. The van der Waals surface area contributed by atoms with E-state index >= 15 is 0 Å². The standard InChI is InChI=1S/C35H57NO14Si/c1-21(37)46-31-30(28-25(47-33(31)44-16-17-51(8,9)10)20-45-32(48-28)22-14-12-11-13-15-22)50-35(34(38)43-7)18-23(40-4)26(36-2)29(49-35)27(42-6)24(41-5)19-39-3/h11-15,23-33,36H,16-20H2,1-10H3/t23-,24+,25+,26+,27+,28-,29+,30-,31+,32?,33?,35-/m0/s1. The number of rotatable bonds is 17. The molecule has 0 bridgehead atoms. The lowest BCUT2D eigenvalue weighted by Crippen LogP contribution is -2.71. The maximum Gasteiger partial charge on any atom is 0.366 e. The molecule has 3 heterocycles. The Morgan fingerprint density at radius 1 is 1.02 bits per heavy atom. The van der Waals surface area contributed by atoms with Crippen molar-refractivity contribution in [3.05, 3.63) is 35.9 Å². The summed E-state index contributed by atoms with van der Waals surface area (Å²) >= 11 is 0. The highest BCUT2D eigenvalue weighted by molar-refractivity contribution is 6.76. The molecule has 12 atom stereocenters. The molecule has 290 valence electrons. The second-order valence-corrected chi connectivity index (χ2v) is 19.7. The second-order valence-electron chi connectivity index (χ2n) is 14.1. The van der Waals surface area contributed by atoms with Gasteiger partial charge in [-0.05, 0) is 13.1 Å². The lowest BCUT2D eigenvalue weighted by molar-refractivity contribution is -0.399. The molecule has 0 aromatic heterocycles. The van der Waals surface area contributed by atoms with Gasteiger partial charge < -0.3 is 62.2 Å². The van der Waals surface area contributed by atoms with Crippen LogP contribution >= 0.6 is 0 Å². The summed E-state index contributed by atoms with van der Waals surface area (Å²) in [5.74, 6) is -3.57. The van der Waals surface area contributed by atoms with Gasteiger partial charge in [0.1, 0.15) is 36.6 Å². The molecule has 51 heavy (non-hydrogen) atoms. The molecule has 3 fully saturated rings. The van der Waals surface area contributed by atoms with Crippen LogP contribution in [0.15, 0.2) is 30.3 Å². The van der Waals surface area contributed by atoms with Gasteiger partial charge in [0.15, 0.2) is 18.7 Å². The summed E-state index contributed by atoms with van der Waals surface area (Å²) in [7, 11) is 7.60. The van der Waals surface area contributed by atoms with Gasteiger partial charge in [-0.2, -0.15) is 0 Å². The van der Waals surface area contributed by atoms with Crippen molar-refractivity contribution in [3.63, 3.8) is 0 Å². The Labute approximate surface area is 302 Å². The number of likely N-dealkylation sites (N-methyl/N-ethyl adjacent to an activating group) is 1. The van der Waals surface area contributed by atoms with Gasteiger partial charge >= 0.3 is 11.9 Å². The van der Waals surface area contributed by atoms with Crippen molar-refractivity contribution in [1.29, 1.82) is 0 Å². The molecular weight excluding hydrogens is 686 g/mol. The summed E-state index contributed by atoms with van der Waals surface area (Å²) in [5, 5.41) is 3.25. The lowest BCUT2D eigenvalue weighted by atomic mass is 9.87. The SMILES string of the molecule is CN[C@H]1[C@H]([C@H](OC)[C@@H](COC)OC)O[C@@](O[C@H]2[C@H]3OC(c4ccccc4)OC[C@H]3OC(OCC[Si](C)(C)C)[C@@H]2OC(C)=O)(C(=O)OC)C[C@@H]1OC. The van der Waals surface area contributed by atoms with Crippen LogP contribution in [-0.2, 0) is 66.4 Å². The zero-order valence-corrected chi connectivity index (χ0v) is 32.5. The van der Waals surface area contributed by atoms with Crippen LogP contribution in [0.2, 0.25) is 25.7 Å². The molecule has 0 radical (unpaired) electrons. The average molecular weight is 744 g/mol. The predicted octanol–water partition coefficient (Wildman–Crippen LogP) is 2.43. The molecule has 1 aromatic rings. The zero-order valence-electron chi connectivity index (χ0n) is 31.5. The molecule has 3 aliphatic heterocycles. The van der Waals surface area contributed by atoms with E-state index in [-0.39, 0.29) is 19.6 Å². The Kier molecular flexibility index (Phi) is 15.4. The first-order chi connectivity index (χ1) is 24.3. The molecule has 4 rings (SSSR count). The fourth-order valence-electron chi connectivity index (χ4n) is 6.78. The Balaban J connectivity index is 1.81. The topological polar surface area (TPSA) is 157 Å². The first-order valence-electron chi connectivity index (χ1n) is 17.3. The second kappa shape index (κ2) is 18.8. The Bertz CT molecular complexity index is 1240. The highest BCUT2D eigenvalue weighted by atomic mass is 28.3. The van der Waals surface area contributed by atoms with Crippen molar-refractivity contribution in [2.24, 2.45) is 0 Å². The zero-order chi connectivity index (χ0) is 37.3. The molecule has 3 saturated heterocycles. The fraction of sp³-hybridized carbons (Fsp3) is 0.771. The van der Waals surface area contributed by atoms with Crippen LogP contribution in [0, 0.1) is 0 Å². The Hall–Kier alpha value is -2.06. The van der Waals surface area contributed by atoms with Crippen LogP contribution < -0.4 is 5.32 Å². The summed E-state index contributed by atoms with van der Waals surface area (Å²) in [4.78, 5) is 26.8. The highest BCUT2D eigenvalue weighted by Gasteiger charge is 2.62. The van der Waals surface area contributed by atoms with Gasteiger partial charge in [-0.1, -0.05) is 50.0 Å². The van der Waals surface area contributed by atoms with Gasteiger partial charge in [-0.15, -0.1) is 0 Å². The molecule has 1 N–H and O–H groups in total. The van der Waals surface area contributed by atoms with E-state index in [1.54, 1.807) is 14.2 Å². The number of fused-ring (bicyclic) bond motifs is 1. The minimum atomic E-state index is -2.12. The van der Waals surface area contributed by atoms with E-state index < -0.39 is 93.3 Å². The number of methoxy groups -OCH3 is 5. The van der Waals surface area contributed by atoms with Crippen LogP contribution in [0.1, 0.15) is 25.2 Å². The van der Waals surface area contributed by atoms with E-state index in [9.17, 15) is 9.59 Å². The number of ether oxygens (including phenoxy) is 12. The van der Waals surface area contributed by atoms with Crippen LogP contribution in [0.4, 0.5) is 0 Å². The number of hydrogen-bond donors (Lipinski definition) is 1. The van der Waals surface area contributed by atoms with Crippen molar-refractivity contribution < 1.29 is 66.4 Å². The predicted molar refractivity (Wildman–Crippen MR) is 185 cm³/mol. The normalized spacial score (nSPS) is 33.9. The van der Waals surface area contributed by atoms with Crippen molar-refractivity contribution in [2.45, 2.75) is 112 Å². The molecule has 0 spiro atoms. The van der Waals surface area contributed by atoms with Crippen LogP contribution in [0.5, 0.6) is 0 Å². The fourth-order valence-corrected chi connectivity index (χ4v) is 7.51. The van der Waals surface area contributed by atoms with Gasteiger partial charge in [0, 0.05) is 62.0 Å². The monoisotopic (exact) mass is 743 g/mol. The van der Waals surface area contributed by atoms with Gasteiger partial charge in [0.05, 0.1) is 32.5 Å². The van der Waals surface area contributed by atoms with Crippen molar-refractivity contribution in [1.82, 2.24) is 5.32 Å². The molecule has 0 amide bonds. The number of carbonyl (C=O) groups excluding carboxylic acids is 2. The summed E-state index contributed by atoms with van der Waals surface area (Å²) in [6.45, 7) is 8.58. The number of hydrogen-bond acceptors (Lipinski definition) is 15. The summed E-state index contributed by atoms with van der Waals surface area (Å²) in [5.41, 5.74) is 0.756. The molecule has 0 aliphatic carbocycles. The minimum Gasteiger partial charge on any atom is -0.465 e. The van der Waals surface area contributed by atoms with Gasteiger partial charge in [-0.3, -0.25) is 4.79 Å². The van der Waals surface area contributed by atoms with Crippen LogP contribution in [-0.4, -0.2) is 149 Å². The minimum absolute atomic E-state index is 0.0975. The number of esters is 2. The molecular formula is C35H57NO14Si. The molecule has 3 aliphatic rings. The molecule has 2 unspecified atom stereocenters. The lowest BCUT2D eigenvalue weighted by Gasteiger charge is -2.53. The third kappa shape index (κ3) is 10.1. The average Bonchev–Trinajstić information content (AvgIpc) is 3.11. The number of carbonyl (C=O) groups is 2. The Morgan fingerprint density at radius 2 is 1.75 bits per heavy atom. The van der Waals surface area contributed by atoms with E-state index in [0.29, 0.717) is 6.61 Å². The van der Waals surface area contributed by atoms with E-state index in [0.717, 1.165) is 11.6 Å². The van der Waals surface area contributed by atoms with Crippen molar-refractivity contribution in [3.8, 4) is 0 Å².